The number of carbonyl (C=O) groups is 1. The first-order valence-corrected chi connectivity index (χ1v) is 6.25. The van der Waals surface area contributed by atoms with Gasteiger partial charge in [0.2, 0.25) is 5.91 Å². The maximum Gasteiger partial charge on any atom is 0.224 e. The van der Waals surface area contributed by atoms with E-state index in [1.165, 1.54) is 0 Å². The Hall–Kier alpha value is -0.480. The number of rotatable bonds is 4. The van der Waals surface area contributed by atoms with Crippen molar-refractivity contribution in [3.63, 3.8) is 0 Å². The van der Waals surface area contributed by atoms with Gasteiger partial charge < -0.3 is 5.32 Å². The number of thiophene rings is 1. The summed E-state index contributed by atoms with van der Waals surface area (Å²) in [6.45, 7) is 0. The van der Waals surface area contributed by atoms with E-state index in [2.05, 4.69) is 17.9 Å². The molecular formula is C10H13NOS2. The fourth-order valence-electron chi connectivity index (χ4n) is 1.45. The zero-order valence-electron chi connectivity index (χ0n) is 7.82. The first-order chi connectivity index (χ1) is 6.74. The number of thiol groups is 1. The lowest BCUT2D eigenvalue weighted by atomic mass is 10.1. The molecule has 1 aliphatic rings. The van der Waals surface area contributed by atoms with Crippen molar-refractivity contribution in [2.75, 3.05) is 11.1 Å². The van der Waals surface area contributed by atoms with Crippen molar-refractivity contribution < 1.29 is 4.79 Å². The summed E-state index contributed by atoms with van der Waals surface area (Å²) in [6.07, 6.45) is 2.91. The lowest BCUT2D eigenvalue weighted by Crippen LogP contribution is -2.17. The molecule has 14 heavy (non-hydrogen) atoms. The third-order valence-electron chi connectivity index (χ3n) is 2.63. The summed E-state index contributed by atoms with van der Waals surface area (Å²) in [6, 6.07) is 1.92. The summed E-state index contributed by atoms with van der Waals surface area (Å²) in [5.74, 6) is 0.944. The molecule has 1 aromatic rings. The van der Waals surface area contributed by atoms with E-state index < -0.39 is 0 Å². The molecule has 1 aliphatic carbocycles. The van der Waals surface area contributed by atoms with Crippen LogP contribution >= 0.6 is 24.0 Å². The Balaban J connectivity index is 1.85. The van der Waals surface area contributed by atoms with Crippen molar-refractivity contribution >= 4 is 35.6 Å². The van der Waals surface area contributed by atoms with E-state index in [4.69, 9.17) is 0 Å². The van der Waals surface area contributed by atoms with Crippen LogP contribution in [0.4, 0.5) is 5.69 Å². The smallest absolute Gasteiger partial charge is 0.224 e. The minimum atomic E-state index is 0.120. The highest BCUT2D eigenvalue weighted by molar-refractivity contribution is 7.80. The van der Waals surface area contributed by atoms with Crippen LogP contribution in [0.15, 0.2) is 16.8 Å². The molecule has 0 aromatic carbocycles. The van der Waals surface area contributed by atoms with Gasteiger partial charge in [-0.25, -0.2) is 0 Å². The van der Waals surface area contributed by atoms with Crippen LogP contribution in [-0.4, -0.2) is 11.7 Å². The summed E-state index contributed by atoms with van der Waals surface area (Å²) in [5.41, 5.74) is 1.12. The van der Waals surface area contributed by atoms with Crippen molar-refractivity contribution in [1.29, 1.82) is 0 Å². The first-order valence-electron chi connectivity index (χ1n) is 4.67. The number of hydrogen-bond donors (Lipinski definition) is 2. The molecule has 1 heterocycles. The summed E-state index contributed by atoms with van der Waals surface area (Å²) in [4.78, 5) is 11.6. The second-order valence-corrected chi connectivity index (χ2v) is 4.99. The minimum absolute atomic E-state index is 0.120. The van der Waals surface area contributed by atoms with Crippen molar-refractivity contribution in [1.82, 2.24) is 0 Å². The molecule has 1 fully saturated rings. The van der Waals surface area contributed by atoms with Gasteiger partial charge in [0.25, 0.3) is 0 Å². The molecule has 4 heteroatoms. The van der Waals surface area contributed by atoms with E-state index in [0.29, 0.717) is 6.42 Å². The molecule has 76 valence electrons. The number of anilines is 1. The Kier molecular flexibility index (Phi) is 2.83. The van der Waals surface area contributed by atoms with E-state index in [1.807, 2.05) is 16.8 Å². The lowest BCUT2D eigenvalue weighted by Gasteiger charge is -2.10. The van der Waals surface area contributed by atoms with Gasteiger partial charge in [-0.2, -0.15) is 24.0 Å². The predicted octanol–water partition coefficient (Wildman–Crippen LogP) is 2.79. The molecule has 0 saturated heterocycles. The van der Waals surface area contributed by atoms with Gasteiger partial charge in [0.1, 0.15) is 0 Å². The zero-order valence-corrected chi connectivity index (χ0v) is 9.54. The Morgan fingerprint density at radius 2 is 2.43 bits per heavy atom. The summed E-state index contributed by atoms with van der Waals surface area (Å²) in [7, 11) is 0. The SMILES string of the molecule is O=C(CC1(CS)CC1)Nc1ccsc1. The Morgan fingerprint density at radius 3 is 2.93 bits per heavy atom. The molecule has 1 amide bonds. The van der Waals surface area contributed by atoms with Crippen molar-refractivity contribution in [3.8, 4) is 0 Å². The molecule has 0 unspecified atom stereocenters. The van der Waals surface area contributed by atoms with Crippen LogP contribution in [0.1, 0.15) is 19.3 Å². The normalized spacial score (nSPS) is 17.8. The summed E-state index contributed by atoms with van der Waals surface area (Å²) < 4.78 is 0. The third-order valence-corrected chi connectivity index (χ3v) is 3.99. The molecule has 0 atom stereocenters. The van der Waals surface area contributed by atoms with E-state index in [9.17, 15) is 4.79 Å². The number of hydrogen-bond acceptors (Lipinski definition) is 3. The van der Waals surface area contributed by atoms with E-state index >= 15 is 0 Å². The molecule has 1 aromatic heterocycles. The standard InChI is InChI=1S/C10H13NOS2/c12-9(5-10(7-13)2-3-10)11-8-1-4-14-6-8/h1,4,6,13H,2-3,5,7H2,(H,11,12). The van der Waals surface area contributed by atoms with E-state index in [-0.39, 0.29) is 11.3 Å². The topological polar surface area (TPSA) is 29.1 Å². The number of carbonyl (C=O) groups excluding carboxylic acids is 1. The highest BCUT2D eigenvalue weighted by Gasteiger charge is 2.42. The minimum Gasteiger partial charge on any atom is -0.325 e. The summed E-state index contributed by atoms with van der Waals surface area (Å²) in [5, 5.41) is 6.79. The van der Waals surface area contributed by atoms with Crippen LogP contribution in [0.2, 0.25) is 0 Å². The maximum atomic E-state index is 11.6. The van der Waals surface area contributed by atoms with Crippen LogP contribution < -0.4 is 5.32 Å². The Bertz CT molecular complexity index is 317. The van der Waals surface area contributed by atoms with Crippen LogP contribution in [0.3, 0.4) is 0 Å². The van der Waals surface area contributed by atoms with Gasteiger partial charge in [0.15, 0.2) is 0 Å². The first kappa shape index (κ1) is 10.1. The van der Waals surface area contributed by atoms with Gasteiger partial charge in [-0.15, -0.1) is 0 Å². The second-order valence-electron chi connectivity index (χ2n) is 3.90. The highest BCUT2D eigenvalue weighted by atomic mass is 32.1. The average molecular weight is 227 g/mol. The van der Waals surface area contributed by atoms with Gasteiger partial charge >= 0.3 is 0 Å². The highest BCUT2D eigenvalue weighted by Crippen LogP contribution is 2.49. The number of nitrogens with one attached hydrogen (secondary N) is 1. The van der Waals surface area contributed by atoms with Crippen LogP contribution in [0.5, 0.6) is 0 Å². The van der Waals surface area contributed by atoms with Crippen LogP contribution in [0.25, 0.3) is 0 Å². The summed E-state index contributed by atoms with van der Waals surface area (Å²) >= 11 is 5.87. The van der Waals surface area contributed by atoms with Gasteiger partial charge in [0, 0.05) is 11.8 Å². The average Bonchev–Trinajstić information content (AvgIpc) is 2.74. The molecule has 0 aliphatic heterocycles. The van der Waals surface area contributed by atoms with Crippen LogP contribution in [0, 0.1) is 5.41 Å². The fourth-order valence-corrected chi connectivity index (χ4v) is 2.46. The molecule has 1 N–H and O–H groups in total. The van der Waals surface area contributed by atoms with Gasteiger partial charge in [-0.3, -0.25) is 4.79 Å². The molecule has 0 spiro atoms. The molecule has 1 saturated carbocycles. The molecule has 0 radical (unpaired) electrons. The largest absolute Gasteiger partial charge is 0.325 e. The van der Waals surface area contributed by atoms with Gasteiger partial charge in [0.05, 0.1) is 5.69 Å². The van der Waals surface area contributed by atoms with Crippen molar-refractivity contribution in [2.45, 2.75) is 19.3 Å². The molecule has 0 bridgehead atoms. The lowest BCUT2D eigenvalue weighted by molar-refractivity contribution is -0.117. The van der Waals surface area contributed by atoms with Crippen LogP contribution in [-0.2, 0) is 4.79 Å². The number of amides is 1. The monoisotopic (exact) mass is 227 g/mol. The van der Waals surface area contributed by atoms with Gasteiger partial charge in [-0.1, -0.05) is 0 Å². The van der Waals surface area contributed by atoms with E-state index in [0.717, 1.165) is 24.3 Å². The van der Waals surface area contributed by atoms with E-state index in [1.54, 1.807) is 11.3 Å². The predicted molar refractivity (Wildman–Crippen MR) is 63.1 cm³/mol. The second kappa shape index (κ2) is 3.95. The fraction of sp³-hybridized carbons (Fsp3) is 0.500. The Labute approximate surface area is 93.1 Å². The third kappa shape index (κ3) is 2.30. The zero-order chi connectivity index (χ0) is 10.0. The quantitative estimate of drug-likeness (QED) is 0.761. The Morgan fingerprint density at radius 1 is 1.64 bits per heavy atom. The van der Waals surface area contributed by atoms with Crippen molar-refractivity contribution in [3.05, 3.63) is 16.8 Å². The molecule has 2 rings (SSSR count). The molecular weight excluding hydrogens is 214 g/mol. The molecule has 2 nitrogen and oxygen atoms in total. The van der Waals surface area contributed by atoms with Gasteiger partial charge in [-0.05, 0) is 35.5 Å². The maximum absolute atomic E-state index is 11.6. The van der Waals surface area contributed by atoms with Crippen molar-refractivity contribution in [2.24, 2.45) is 5.41 Å².